The van der Waals surface area contributed by atoms with Gasteiger partial charge in [-0.3, -0.25) is 0 Å². The standard InChI is InChI=1S/C66H34O18/c67-47-28-8-16-7-19-11-24(51(69)70)21-6-4-18-10-27-32(54(75)76)48(68)29-13-20-12-26-31(53(73)74)22-5-2-15-1-3-17-9-23-25(52(71)72)14-30(47)42-43(23)64(80)55(17,77)36(15)39(22)62-40(26)46-44-34-33(37(28)61(42)65(44,83-61)66(62,64)84-62)35(16)63-50-45(34)60(58(20,46)81-60)41(29)38(27)57(50,79)56(18,78)49(21)59(19,63)82-63/h1-8,10-14,23,36,38-39,41-43,45,50,67-68,77-80H,9H2,(H,69,70)(H,71,72)(H,73,74)(H,75,76)/t23?,36?,38?,39?,41?,42?,43?,45?,50?,55-,56?,57?,58?,59?,60?,61?,62?,63?,64?,65?,66?/m0/s1. The van der Waals surface area contributed by atoms with Crippen molar-refractivity contribution in [2.24, 2.45) is 53.3 Å². The van der Waals surface area contributed by atoms with Crippen LogP contribution < -0.4 is 0 Å². The minimum atomic E-state index is -2.55. The number of carboxylic acid groups (broad SMARTS) is 4. The van der Waals surface area contributed by atoms with E-state index in [0.717, 1.165) is 0 Å². The largest absolute Gasteiger partial charge is 0.507 e. The number of aliphatic hydroxyl groups is 6. The molecule has 9 fully saturated rings. The highest BCUT2D eigenvalue weighted by Crippen LogP contribution is 3.02. The molecule has 26 rings (SSSR count). The molecule has 1 aromatic carbocycles. The van der Waals surface area contributed by atoms with Crippen LogP contribution in [-0.4, -0.2) is 131 Å². The third-order valence-corrected chi connectivity index (χ3v) is 27.6. The Labute approximate surface area is 468 Å². The lowest BCUT2D eigenvalue weighted by molar-refractivity contribution is -0.279. The molecule has 18 nitrogen and oxygen atoms in total. The first-order chi connectivity index (χ1) is 40.2. The van der Waals surface area contributed by atoms with E-state index in [-0.39, 0.29) is 73.5 Å². The van der Waals surface area contributed by atoms with E-state index in [2.05, 4.69) is 0 Å². The van der Waals surface area contributed by atoms with Crippen molar-refractivity contribution in [1.29, 1.82) is 0 Å². The van der Waals surface area contributed by atoms with Gasteiger partial charge in [0.2, 0.25) is 0 Å². The normalized spacial score (nSPS) is 54.5. The summed E-state index contributed by atoms with van der Waals surface area (Å²) < 4.78 is 32.0. The number of epoxide rings is 4. The predicted molar refractivity (Wildman–Crippen MR) is 274 cm³/mol. The molecule has 0 amide bonds. The molecule has 84 heavy (non-hydrogen) atoms. The predicted octanol–water partition coefficient (Wildman–Crippen LogP) is 3.12. The van der Waals surface area contributed by atoms with Crippen LogP contribution in [0.4, 0.5) is 0 Å². The van der Waals surface area contributed by atoms with E-state index < -0.39 is 156 Å². The van der Waals surface area contributed by atoms with Crippen LogP contribution in [0.25, 0.3) is 17.4 Å². The lowest BCUT2D eigenvalue weighted by atomic mass is 9.25. The Bertz CT molecular complexity index is 5040. The van der Waals surface area contributed by atoms with Crippen LogP contribution in [0, 0.1) is 53.3 Å². The fraction of sp³-hybridized carbons (Fsp3) is 0.333. The molecule has 21 aliphatic carbocycles. The van der Waals surface area contributed by atoms with Crippen molar-refractivity contribution in [3.63, 3.8) is 0 Å². The molecule has 8 spiro atoms. The van der Waals surface area contributed by atoms with Gasteiger partial charge in [-0.05, 0) is 110 Å². The van der Waals surface area contributed by atoms with Crippen molar-refractivity contribution in [3.8, 4) is 0 Å². The van der Waals surface area contributed by atoms with Gasteiger partial charge in [0.15, 0.2) is 22.4 Å². The van der Waals surface area contributed by atoms with Gasteiger partial charge in [-0.2, -0.15) is 0 Å². The van der Waals surface area contributed by atoms with Gasteiger partial charge in [-0.25, -0.2) is 19.2 Å². The second-order valence-electron chi connectivity index (χ2n) is 28.4. The van der Waals surface area contributed by atoms with E-state index >= 15 is 10.2 Å². The molecule has 1 aromatic rings. The van der Waals surface area contributed by atoms with Gasteiger partial charge < -0.3 is 70.0 Å². The van der Waals surface area contributed by atoms with E-state index in [1.165, 1.54) is 24.3 Å². The number of carbonyl (C=O) groups is 4. The van der Waals surface area contributed by atoms with Crippen LogP contribution in [0.5, 0.6) is 0 Å². The van der Waals surface area contributed by atoms with Crippen LogP contribution in [0.3, 0.4) is 0 Å². The Hall–Kier alpha value is -8.04. The van der Waals surface area contributed by atoms with Crippen LogP contribution in [0.15, 0.2) is 185 Å². The first kappa shape index (κ1) is 41.9. The van der Waals surface area contributed by atoms with Gasteiger partial charge in [0, 0.05) is 109 Å². The summed E-state index contributed by atoms with van der Waals surface area (Å²) in [4.78, 5) is 56.5. The minimum Gasteiger partial charge on any atom is -0.507 e. The molecule has 5 saturated carbocycles. The van der Waals surface area contributed by atoms with Crippen molar-refractivity contribution in [1.82, 2.24) is 0 Å². The highest BCUT2D eigenvalue weighted by molar-refractivity contribution is 6.10. The quantitative estimate of drug-likeness (QED) is 0.194. The number of carboxylic acids is 4. The fourth-order valence-electron chi connectivity index (χ4n) is 26.5. The lowest BCUT2D eigenvalue weighted by Crippen LogP contribution is -2.88. The zero-order chi connectivity index (χ0) is 55.8. The van der Waals surface area contributed by atoms with E-state index in [4.69, 9.17) is 18.9 Å². The third-order valence-electron chi connectivity index (χ3n) is 27.6. The van der Waals surface area contributed by atoms with Gasteiger partial charge in [-0.1, -0.05) is 42.5 Å². The van der Waals surface area contributed by atoms with Crippen LogP contribution in [-0.2, 0) is 49.3 Å². The van der Waals surface area contributed by atoms with Gasteiger partial charge in [0.05, 0.1) is 11.1 Å². The van der Waals surface area contributed by atoms with Gasteiger partial charge in [-0.15, -0.1) is 0 Å². The summed E-state index contributed by atoms with van der Waals surface area (Å²) in [6.07, 6.45) is 19.9. The summed E-state index contributed by atoms with van der Waals surface area (Å²) in [6, 6.07) is 1.78. The van der Waals surface area contributed by atoms with Crippen molar-refractivity contribution in [2.45, 2.75) is 73.6 Å². The van der Waals surface area contributed by atoms with E-state index in [1.807, 2.05) is 6.08 Å². The van der Waals surface area contributed by atoms with Crippen LogP contribution in [0.1, 0.15) is 34.2 Å². The summed E-state index contributed by atoms with van der Waals surface area (Å²) in [7, 11) is 0. The summed E-state index contributed by atoms with van der Waals surface area (Å²) in [5, 5.41) is 133. The number of hydrogen-bond donors (Lipinski definition) is 10. The molecule has 10 N–H and O–H groups in total. The molecule has 20 unspecified atom stereocenters. The van der Waals surface area contributed by atoms with Gasteiger partial charge in [0.25, 0.3) is 0 Å². The summed E-state index contributed by atoms with van der Waals surface area (Å²) in [5.41, 5.74) is -18.0. The van der Waals surface area contributed by atoms with E-state index in [0.29, 0.717) is 72.4 Å². The average Bonchev–Trinajstić information content (AvgIpc) is 1.35. The van der Waals surface area contributed by atoms with E-state index in [9.17, 15) is 60.0 Å². The zero-order valence-electron chi connectivity index (χ0n) is 42.6. The first-order valence-electron chi connectivity index (χ1n) is 28.8. The molecular formula is C66H34O18. The molecule has 18 heteroatoms. The molecule has 406 valence electrons. The molecule has 4 heterocycles. The van der Waals surface area contributed by atoms with Crippen LogP contribution >= 0.6 is 0 Å². The molecule has 25 aliphatic rings. The molecule has 0 aromatic heterocycles. The van der Waals surface area contributed by atoms with Gasteiger partial charge in [0.1, 0.15) is 61.9 Å². The number of allylic oxidation sites excluding steroid dienone is 8. The van der Waals surface area contributed by atoms with Crippen molar-refractivity contribution >= 4 is 41.3 Å². The third kappa shape index (κ3) is 2.68. The van der Waals surface area contributed by atoms with Crippen molar-refractivity contribution < 1.29 is 89.2 Å². The number of hydrogen-bond acceptors (Lipinski definition) is 14. The Morgan fingerprint density at radius 3 is 2.17 bits per heavy atom. The topological polar surface area (TPSA) is 321 Å². The number of ether oxygens (including phenoxy) is 4. The summed E-state index contributed by atoms with van der Waals surface area (Å²) >= 11 is 0. The average molecular weight is 1110 g/mol. The molecule has 0 radical (unpaired) electrons. The Morgan fingerprint density at radius 1 is 0.595 bits per heavy atom. The van der Waals surface area contributed by atoms with Crippen LogP contribution in [0.2, 0.25) is 0 Å². The zero-order valence-corrected chi connectivity index (χ0v) is 42.6. The Kier molecular flexibility index (Phi) is 5.01. The molecule has 0 bridgehead atoms. The smallest absolute Gasteiger partial charge is 0.339 e. The number of aliphatic hydroxyl groups excluding tert-OH is 2. The Balaban J connectivity index is 0.952. The highest BCUT2D eigenvalue weighted by atomic mass is 16.7. The lowest BCUT2D eigenvalue weighted by Gasteiger charge is -2.75. The SMILES string of the molecule is O=C(O)C1=CC2=Cc3cc4c5c6c3C37OC23C2=C1C=CC1=CC3=C(C(=O)O)C(O)=C8C=C9C=C%10C(C(=O)O)=C%11C=CC%12=CC=C%13CC%14C(C(=O)O)=CC(=C4O)C4C%14C%14(O)C%15%16OC%15(C%10=C%10C(=C6C6C7C(O)(C3C8C63OC9%103)C12O)C%161OC541)C%11C%12[C@@]%13%14O. The van der Waals surface area contributed by atoms with Crippen molar-refractivity contribution in [2.75, 3.05) is 0 Å². The molecular weight excluding hydrogens is 1080 g/mol. The summed E-state index contributed by atoms with van der Waals surface area (Å²) in [6.45, 7) is 0. The molecule has 21 atom stereocenters. The molecule has 4 aliphatic heterocycles. The van der Waals surface area contributed by atoms with Gasteiger partial charge >= 0.3 is 23.9 Å². The second kappa shape index (κ2) is 10.1. The maximum Gasteiger partial charge on any atom is 0.339 e. The maximum atomic E-state index is 15.5. The van der Waals surface area contributed by atoms with E-state index in [1.54, 1.807) is 48.6 Å². The monoisotopic (exact) mass is 1110 g/mol. The second-order valence-corrected chi connectivity index (χ2v) is 28.4. The fourth-order valence-corrected chi connectivity index (χ4v) is 26.5. The number of benzene rings is 1. The number of aliphatic carboxylic acids is 4. The molecule has 4 saturated heterocycles. The first-order valence-corrected chi connectivity index (χ1v) is 28.8. The minimum absolute atomic E-state index is 0.0147. The summed E-state index contributed by atoms with van der Waals surface area (Å²) in [5.74, 6) is -16.9. The van der Waals surface area contributed by atoms with Crippen molar-refractivity contribution in [3.05, 3.63) is 212 Å². The number of rotatable bonds is 4. The Morgan fingerprint density at radius 2 is 1.38 bits per heavy atom. The highest BCUT2D eigenvalue weighted by Gasteiger charge is 3.14. The maximum absolute atomic E-state index is 15.5.